The number of rotatable bonds is 5. The van der Waals surface area contributed by atoms with Crippen LogP contribution in [0.2, 0.25) is 0 Å². The molecule has 0 spiro atoms. The number of ketones is 1. The normalized spacial score (nSPS) is 21.3. The Morgan fingerprint density at radius 1 is 1.29 bits per heavy atom. The fraction of sp³-hybridized carbons (Fsp3) is 0.480. The van der Waals surface area contributed by atoms with E-state index >= 15 is 0 Å². The van der Waals surface area contributed by atoms with Crippen molar-refractivity contribution in [3.05, 3.63) is 52.3 Å². The SMILES string of the molecule is CC1=C2COC=C2CC(=O)C1CCN(C(=O)C1CCNCC1)c1cc(C#N)ccc1C. The molecule has 1 amide bonds. The highest BCUT2D eigenvalue weighted by Gasteiger charge is 2.34. The van der Waals surface area contributed by atoms with E-state index in [0.717, 1.165) is 53.9 Å². The predicted molar refractivity (Wildman–Crippen MR) is 118 cm³/mol. The molecule has 0 saturated carbocycles. The number of ether oxygens (including phenoxy) is 1. The Bertz CT molecular complexity index is 996. The average Bonchev–Trinajstić information content (AvgIpc) is 3.26. The number of fused-ring (bicyclic) bond motifs is 1. The first-order chi connectivity index (χ1) is 15.0. The van der Waals surface area contributed by atoms with Crippen LogP contribution in [0.5, 0.6) is 0 Å². The van der Waals surface area contributed by atoms with Crippen molar-refractivity contribution < 1.29 is 14.3 Å². The van der Waals surface area contributed by atoms with Gasteiger partial charge in [0.2, 0.25) is 5.91 Å². The molecule has 6 nitrogen and oxygen atoms in total. The molecule has 1 aromatic rings. The summed E-state index contributed by atoms with van der Waals surface area (Å²) in [6.45, 7) is 6.64. The van der Waals surface area contributed by atoms with Gasteiger partial charge >= 0.3 is 0 Å². The molecule has 6 heteroatoms. The lowest BCUT2D eigenvalue weighted by atomic mass is 9.79. The molecule has 1 N–H and O–H groups in total. The second kappa shape index (κ2) is 9.07. The van der Waals surface area contributed by atoms with Crippen LogP contribution in [0, 0.1) is 30.1 Å². The van der Waals surface area contributed by atoms with E-state index in [1.54, 1.807) is 18.4 Å². The lowest BCUT2D eigenvalue weighted by Gasteiger charge is -2.32. The Labute approximate surface area is 183 Å². The van der Waals surface area contributed by atoms with Gasteiger partial charge in [-0.1, -0.05) is 11.6 Å². The average molecular weight is 420 g/mol. The zero-order valence-electron chi connectivity index (χ0n) is 18.2. The Morgan fingerprint density at radius 3 is 2.81 bits per heavy atom. The number of nitrogens with zero attached hydrogens (tertiary/aromatic N) is 2. The van der Waals surface area contributed by atoms with E-state index in [-0.39, 0.29) is 23.5 Å². The van der Waals surface area contributed by atoms with Crippen molar-refractivity contribution in [2.24, 2.45) is 11.8 Å². The number of nitrogens with one attached hydrogen (secondary N) is 1. The van der Waals surface area contributed by atoms with Crippen molar-refractivity contribution in [3.63, 3.8) is 0 Å². The van der Waals surface area contributed by atoms with Crippen LogP contribution in [0.25, 0.3) is 0 Å². The third-order valence-corrected chi connectivity index (χ3v) is 6.82. The van der Waals surface area contributed by atoms with Gasteiger partial charge in [0.05, 0.1) is 17.9 Å². The summed E-state index contributed by atoms with van der Waals surface area (Å²) in [6, 6.07) is 7.65. The summed E-state index contributed by atoms with van der Waals surface area (Å²) in [7, 11) is 0. The molecule has 2 heterocycles. The molecule has 1 aliphatic carbocycles. The minimum atomic E-state index is -0.198. The maximum atomic E-state index is 13.6. The molecule has 0 radical (unpaired) electrons. The van der Waals surface area contributed by atoms with Gasteiger partial charge in [-0.15, -0.1) is 0 Å². The van der Waals surface area contributed by atoms with E-state index in [2.05, 4.69) is 11.4 Å². The van der Waals surface area contributed by atoms with Gasteiger partial charge in [-0.05, 0) is 69.5 Å². The van der Waals surface area contributed by atoms with Crippen molar-refractivity contribution >= 4 is 17.4 Å². The highest BCUT2D eigenvalue weighted by atomic mass is 16.5. The van der Waals surface area contributed by atoms with E-state index in [1.807, 2.05) is 24.8 Å². The number of nitriles is 1. The van der Waals surface area contributed by atoms with Crippen molar-refractivity contribution in [1.29, 1.82) is 5.26 Å². The number of benzene rings is 1. The zero-order chi connectivity index (χ0) is 22.0. The third-order valence-electron chi connectivity index (χ3n) is 6.82. The third kappa shape index (κ3) is 4.28. The Balaban J connectivity index is 1.61. The summed E-state index contributed by atoms with van der Waals surface area (Å²) in [4.78, 5) is 28.2. The van der Waals surface area contributed by atoms with Crippen LogP contribution in [0.3, 0.4) is 0 Å². The molecule has 1 unspecified atom stereocenters. The van der Waals surface area contributed by atoms with Gasteiger partial charge in [-0.3, -0.25) is 9.59 Å². The molecule has 4 rings (SSSR count). The van der Waals surface area contributed by atoms with Gasteiger partial charge in [0.1, 0.15) is 12.4 Å². The summed E-state index contributed by atoms with van der Waals surface area (Å²) in [5.41, 5.74) is 5.48. The lowest BCUT2D eigenvalue weighted by Crippen LogP contribution is -2.42. The van der Waals surface area contributed by atoms with Crippen LogP contribution in [0.1, 0.15) is 43.7 Å². The topological polar surface area (TPSA) is 82.4 Å². The molecule has 1 saturated heterocycles. The first-order valence-corrected chi connectivity index (χ1v) is 11.1. The summed E-state index contributed by atoms with van der Waals surface area (Å²) in [5, 5.41) is 12.7. The molecular formula is C25H29N3O3. The van der Waals surface area contributed by atoms with Crippen molar-refractivity contribution in [3.8, 4) is 6.07 Å². The van der Waals surface area contributed by atoms with Crippen molar-refractivity contribution in [1.82, 2.24) is 5.32 Å². The number of hydrogen-bond donors (Lipinski definition) is 1. The molecule has 2 aliphatic heterocycles. The summed E-state index contributed by atoms with van der Waals surface area (Å²) in [5.74, 6) is 0.0510. The number of Topliss-reactive ketones (excluding diaryl/α,β-unsaturated/α-hetero) is 1. The maximum absolute atomic E-state index is 13.6. The van der Waals surface area contributed by atoms with Crippen LogP contribution >= 0.6 is 0 Å². The van der Waals surface area contributed by atoms with Crippen LogP contribution in [0.4, 0.5) is 5.69 Å². The second-order valence-corrected chi connectivity index (χ2v) is 8.73. The Hall–Kier alpha value is -2.91. The number of hydrogen-bond acceptors (Lipinski definition) is 5. The lowest BCUT2D eigenvalue weighted by molar-refractivity contribution is -0.124. The Morgan fingerprint density at radius 2 is 2.06 bits per heavy atom. The van der Waals surface area contributed by atoms with E-state index in [1.165, 1.54) is 0 Å². The van der Waals surface area contributed by atoms with Crippen LogP contribution in [0.15, 0.2) is 41.2 Å². The molecule has 1 fully saturated rings. The minimum absolute atomic E-state index is 0.0364. The smallest absolute Gasteiger partial charge is 0.230 e. The molecule has 1 atom stereocenters. The van der Waals surface area contributed by atoms with Gasteiger partial charge in [0, 0.05) is 36.1 Å². The van der Waals surface area contributed by atoms with Gasteiger partial charge in [0.15, 0.2) is 0 Å². The van der Waals surface area contributed by atoms with Crippen molar-refractivity contribution in [2.75, 3.05) is 31.1 Å². The number of carbonyl (C=O) groups is 2. The van der Waals surface area contributed by atoms with Crippen LogP contribution in [-0.4, -0.2) is 37.9 Å². The van der Waals surface area contributed by atoms with Crippen LogP contribution in [-0.2, 0) is 14.3 Å². The van der Waals surface area contributed by atoms with Gasteiger partial charge in [0.25, 0.3) is 0 Å². The van der Waals surface area contributed by atoms with E-state index in [4.69, 9.17) is 4.74 Å². The highest BCUT2D eigenvalue weighted by Crippen LogP contribution is 2.37. The maximum Gasteiger partial charge on any atom is 0.230 e. The van der Waals surface area contributed by atoms with Gasteiger partial charge in [-0.2, -0.15) is 5.26 Å². The minimum Gasteiger partial charge on any atom is -0.496 e. The second-order valence-electron chi connectivity index (χ2n) is 8.73. The number of amides is 1. The molecular weight excluding hydrogens is 390 g/mol. The van der Waals surface area contributed by atoms with Crippen molar-refractivity contribution in [2.45, 2.75) is 39.5 Å². The summed E-state index contributed by atoms with van der Waals surface area (Å²) >= 11 is 0. The van der Waals surface area contributed by atoms with E-state index in [9.17, 15) is 14.9 Å². The number of aryl methyl sites for hydroxylation is 1. The largest absolute Gasteiger partial charge is 0.496 e. The van der Waals surface area contributed by atoms with E-state index in [0.29, 0.717) is 31.6 Å². The van der Waals surface area contributed by atoms with Gasteiger partial charge in [-0.25, -0.2) is 0 Å². The standard InChI is InChI=1S/C25H29N3O3/c1-16-3-4-18(13-26)11-23(16)28(25(30)19-5-8-27-9-6-19)10-7-21-17(2)22-15-31-14-20(22)12-24(21)29/h3-4,11,14,19,21,27H,5-10,12,15H2,1-2H3. The monoisotopic (exact) mass is 419 g/mol. The molecule has 31 heavy (non-hydrogen) atoms. The molecule has 3 aliphatic rings. The number of piperidine rings is 1. The number of anilines is 1. The fourth-order valence-corrected chi connectivity index (χ4v) is 4.91. The predicted octanol–water partition coefficient (Wildman–Crippen LogP) is 3.41. The first kappa shape index (κ1) is 21.3. The summed E-state index contributed by atoms with van der Waals surface area (Å²) in [6.07, 6.45) is 4.31. The molecule has 0 aromatic heterocycles. The molecule has 1 aromatic carbocycles. The first-order valence-electron chi connectivity index (χ1n) is 11.1. The number of allylic oxidation sites excluding steroid dienone is 1. The quantitative estimate of drug-likeness (QED) is 0.791. The van der Waals surface area contributed by atoms with Gasteiger partial charge < -0.3 is 15.0 Å². The van der Waals surface area contributed by atoms with E-state index < -0.39 is 0 Å². The summed E-state index contributed by atoms with van der Waals surface area (Å²) < 4.78 is 5.44. The van der Waals surface area contributed by atoms with Crippen LogP contribution < -0.4 is 10.2 Å². The highest BCUT2D eigenvalue weighted by molar-refractivity contribution is 5.96. The molecule has 0 bridgehead atoms. The zero-order valence-corrected chi connectivity index (χ0v) is 18.2. The Kier molecular flexibility index (Phi) is 6.24. The number of carbonyl (C=O) groups excluding carboxylic acids is 2. The molecule has 162 valence electrons. The fourth-order valence-electron chi connectivity index (χ4n) is 4.91.